The molecule has 0 unspecified atom stereocenters. The fourth-order valence-corrected chi connectivity index (χ4v) is 2.41. The van der Waals surface area contributed by atoms with E-state index in [1.807, 2.05) is 0 Å². The SMILES string of the molecule is O=C1Nc2c(F)cc(F)cc2[C@@]12C=CCNC2. The van der Waals surface area contributed by atoms with E-state index in [0.29, 0.717) is 18.7 Å². The quantitative estimate of drug-likeness (QED) is 0.667. The standard InChI is InChI=1S/C12H10F2N2O/c13-7-4-8-10(9(14)5-7)16-11(17)12(8)2-1-3-15-6-12/h1-2,4-5,15H,3,6H2,(H,16,17)/t12-/m0/s1. The molecule has 1 aromatic carbocycles. The topological polar surface area (TPSA) is 41.1 Å². The lowest BCUT2D eigenvalue weighted by molar-refractivity contribution is -0.119. The first kappa shape index (κ1) is 10.4. The first-order valence-corrected chi connectivity index (χ1v) is 5.33. The molecule has 0 saturated carbocycles. The molecule has 0 radical (unpaired) electrons. The molecule has 2 N–H and O–H groups in total. The lowest BCUT2D eigenvalue weighted by atomic mass is 9.79. The number of hydrogen-bond donors (Lipinski definition) is 2. The Labute approximate surface area is 96.5 Å². The molecular formula is C12H10F2N2O. The molecular weight excluding hydrogens is 226 g/mol. The summed E-state index contributed by atoms with van der Waals surface area (Å²) >= 11 is 0. The van der Waals surface area contributed by atoms with Crippen LogP contribution in [-0.2, 0) is 10.2 Å². The van der Waals surface area contributed by atoms with Gasteiger partial charge >= 0.3 is 0 Å². The maximum Gasteiger partial charge on any atom is 0.240 e. The predicted octanol–water partition coefficient (Wildman–Crippen LogP) is 1.31. The Hall–Kier alpha value is -1.75. The van der Waals surface area contributed by atoms with Gasteiger partial charge in [0, 0.05) is 24.7 Å². The molecule has 0 aromatic heterocycles. The highest BCUT2D eigenvalue weighted by molar-refractivity contribution is 6.08. The van der Waals surface area contributed by atoms with E-state index >= 15 is 0 Å². The Morgan fingerprint density at radius 2 is 2.12 bits per heavy atom. The van der Waals surface area contributed by atoms with Crippen molar-refractivity contribution < 1.29 is 13.6 Å². The molecule has 1 atom stereocenters. The Morgan fingerprint density at radius 3 is 2.82 bits per heavy atom. The summed E-state index contributed by atoms with van der Waals surface area (Å²) in [6.07, 6.45) is 3.50. The fourth-order valence-electron chi connectivity index (χ4n) is 2.41. The summed E-state index contributed by atoms with van der Waals surface area (Å²) in [7, 11) is 0. The molecule has 0 aliphatic carbocycles. The van der Waals surface area contributed by atoms with E-state index in [1.54, 1.807) is 12.2 Å². The first-order chi connectivity index (χ1) is 8.13. The van der Waals surface area contributed by atoms with Gasteiger partial charge in [-0.05, 0) is 6.07 Å². The van der Waals surface area contributed by atoms with Gasteiger partial charge in [-0.3, -0.25) is 4.79 Å². The van der Waals surface area contributed by atoms with Crippen LogP contribution in [0.15, 0.2) is 24.3 Å². The van der Waals surface area contributed by atoms with Gasteiger partial charge in [0.25, 0.3) is 0 Å². The first-order valence-electron chi connectivity index (χ1n) is 5.33. The maximum absolute atomic E-state index is 13.6. The van der Waals surface area contributed by atoms with Crippen LogP contribution in [0.25, 0.3) is 0 Å². The second-order valence-corrected chi connectivity index (χ2v) is 4.27. The molecule has 5 heteroatoms. The van der Waals surface area contributed by atoms with Crippen LogP contribution in [0, 0.1) is 11.6 Å². The second kappa shape index (κ2) is 3.37. The molecule has 0 bridgehead atoms. The summed E-state index contributed by atoms with van der Waals surface area (Å²) < 4.78 is 26.8. The van der Waals surface area contributed by atoms with Crippen molar-refractivity contribution in [3.63, 3.8) is 0 Å². The number of carbonyl (C=O) groups excluding carboxylic acids is 1. The van der Waals surface area contributed by atoms with Gasteiger partial charge < -0.3 is 10.6 Å². The normalized spacial score (nSPS) is 26.1. The van der Waals surface area contributed by atoms with Crippen LogP contribution in [0.4, 0.5) is 14.5 Å². The third-order valence-electron chi connectivity index (χ3n) is 3.25. The van der Waals surface area contributed by atoms with Gasteiger partial charge in [-0.15, -0.1) is 0 Å². The highest BCUT2D eigenvalue weighted by Gasteiger charge is 2.46. The van der Waals surface area contributed by atoms with Gasteiger partial charge in [-0.2, -0.15) is 0 Å². The van der Waals surface area contributed by atoms with Gasteiger partial charge in [0.1, 0.15) is 17.0 Å². The minimum absolute atomic E-state index is 0.0877. The molecule has 2 heterocycles. The number of rotatable bonds is 0. The summed E-state index contributed by atoms with van der Waals surface area (Å²) in [4.78, 5) is 12.0. The van der Waals surface area contributed by atoms with Crippen LogP contribution < -0.4 is 10.6 Å². The number of benzene rings is 1. The molecule has 0 saturated heterocycles. The van der Waals surface area contributed by atoms with Crippen molar-refractivity contribution in [3.8, 4) is 0 Å². The summed E-state index contributed by atoms with van der Waals surface area (Å²) in [6, 6.07) is 1.99. The van der Waals surface area contributed by atoms with Crippen LogP contribution in [0.2, 0.25) is 0 Å². The molecule has 1 amide bonds. The van der Waals surface area contributed by atoms with Crippen molar-refractivity contribution in [2.45, 2.75) is 5.41 Å². The van der Waals surface area contributed by atoms with Crippen LogP contribution in [0.5, 0.6) is 0 Å². The molecule has 1 aromatic rings. The van der Waals surface area contributed by atoms with E-state index in [-0.39, 0.29) is 11.6 Å². The maximum atomic E-state index is 13.6. The summed E-state index contributed by atoms with van der Waals surface area (Å²) in [5, 5.41) is 5.52. The minimum Gasteiger partial charge on any atom is -0.322 e. The smallest absolute Gasteiger partial charge is 0.240 e. The summed E-state index contributed by atoms with van der Waals surface area (Å²) in [5.41, 5.74) is -0.524. The Balaban J connectivity index is 2.25. The van der Waals surface area contributed by atoms with Crippen LogP contribution in [-0.4, -0.2) is 19.0 Å². The zero-order chi connectivity index (χ0) is 12.0. The number of fused-ring (bicyclic) bond motifs is 2. The third-order valence-corrected chi connectivity index (χ3v) is 3.25. The average molecular weight is 236 g/mol. The van der Waals surface area contributed by atoms with Crippen molar-refractivity contribution >= 4 is 11.6 Å². The monoisotopic (exact) mass is 236 g/mol. The molecule has 3 rings (SSSR count). The molecule has 3 nitrogen and oxygen atoms in total. The van der Waals surface area contributed by atoms with E-state index in [9.17, 15) is 13.6 Å². The fraction of sp³-hybridized carbons (Fsp3) is 0.250. The molecule has 2 aliphatic rings. The van der Waals surface area contributed by atoms with Gasteiger partial charge in [0.2, 0.25) is 5.91 Å². The molecule has 0 fully saturated rings. The number of amides is 1. The van der Waals surface area contributed by atoms with Crippen molar-refractivity contribution in [1.82, 2.24) is 5.32 Å². The molecule has 88 valence electrons. The summed E-state index contributed by atoms with van der Waals surface area (Å²) in [6.45, 7) is 1.01. The van der Waals surface area contributed by atoms with E-state index in [0.717, 1.165) is 6.07 Å². The number of nitrogens with one attached hydrogen (secondary N) is 2. The lowest BCUT2D eigenvalue weighted by Gasteiger charge is -2.27. The van der Waals surface area contributed by atoms with Crippen LogP contribution in [0.3, 0.4) is 0 Å². The zero-order valence-corrected chi connectivity index (χ0v) is 8.89. The molecule has 2 aliphatic heterocycles. The zero-order valence-electron chi connectivity index (χ0n) is 8.89. The Bertz CT molecular complexity index is 542. The van der Waals surface area contributed by atoms with Crippen molar-refractivity contribution in [2.75, 3.05) is 18.4 Å². The summed E-state index contributed by atoms with van der Waals surface area (Å²) in [5.74, 6) is -1.72. The van der Waals surface area contributed by atoms with Crippen LogP contribution >= 0.6 is 0 Å². The number of hydrogen-bond acceptors (Lipinski definition) is 2. The highest BCUT2D eigenvalue weighted by Crippen LogP contribution is 2.41. The van der Waals surface area contributed by atoms with Crippen LogP contribution in [0.1, 0.15) is 5.56 Å². The van der Waals surface area contributed by atoms with E-state index < -0.39 is 17.0 Å². The predicted molar refractivity (Wildman–Crippen MR) is 58.7 cm³/mol. The van der Waals surface area contributed by atoms with Crippen molar-refractivity contribution in [3.05, 3.63) is 41.5 Å². The largest absolute Gasteiger partial charge is 0.322 e. The molecule has 1 spiro atoms. The van der Waals surface area contributed by atoms with Gasteiger partial charge in [0.15, 0.2) is 0 Å². The third kappa shape index (κ3) is 1.32. The minimum atomic E-state index is -0.976. The van der Waals surface area contributed by atoms with E-state index in [2.05, 4.69) is 10.6 Å². The number of halogens is 2. The Kier molecular flexibility index (Phi) is 2.06. The number of anilines is 1. The van der Waals surface area contributed by atoms with E-state index in [1.165, 1.54) is 6.07 Å². The highest BCUT2D eigenvalue weighted by atomic mass is 19.1. The average Bonchev–Trinajstić information content (AvgIpc) is 2.56. The van der Waals surface area contributed by atoms with Gasteiger partial charge in [-0.1, -0.05) is 12.2 Å². The Morgan fingerprint density at radius 1 is 1.29 bits per heavy atom. The lowest BCUT2D eigenvalue weighted by Crippen LogP contribution is -2.45. The second-order valence-electron chi connectivity index (χ2n) is 4.27. The number of carbonyl (C=O) groups is 1. The van der Waals surface area contributed by atoms with Crippen molar-refractivity contribution in [2.24, 2.45) is 0 Å². The molecule has 17 heavy (non-hydrogen) atoms. The van der Waals surface area contributed by atoms with Crippen molar-refractivity contribution in [1.29, 1.82) is 0 Å². The van der Waals surface area contributed by atoms with E-state index in [4.69, 9.17) is 0 Å². The van der Waals surface area contributed by atoms with Gasteiger partial charge in [-0.25, -0.2) is 8.78 Å². The van der Waals surface area contributed by atoms with Gasteiger partial charge in [0.05, 0.1) is 5.69 Å².